The van der Waals surface area contributed by atoms with E-state index in [-0.39, 0.29) is 29.2 Å². The van der Waals surface area contributed by atoms with Crippen LogP contribution in [-0.2, 0) is 6.42 Å². The first kappa shape index (κ1) is 21.0. The van der Waals surface area contributed by atoms with Crippen molar-refractivity contribution in [3.8, 4) is 11.3 Å². The second-order valence-electron chi connectivity index (χ2n) is 7.60. The lowest BCUT2D eigenvalue weighted by Crippen LogP contribution is -2.30. The summed E-state index contributed by atoms with van der Waals surface area (Å²) < 4.78 is 15.4. The van der Waals surface area contributed by atoms with Crippen molar-refractivity contribution >= 4 is 22.6 Å². The van der Waals surface area contributed by atoms with E-state index in [2.05, 4.69) is 10.1 Å². The molecule has 2 N–H and O–H groups in total. The van der Waals surface area contributed by atoms with Crippen molar-refractivity contribution in [2.24, 2.45) is 0 Å². The van der Waals surface area contributed by atoms with E-state index in [0.717, 1.165) is 16.5 Å². The molecule has 0 bridgehead atoms. The van der Waals surface area contributed by atoms with Gasteiger partial charge in [0.15, 0.2) is 0 Å². The third kappa shape index (κ3) is 4.29. The highest BCUT2D eigenvalue weighted by atomic mass is 19.1. The third-order valence-corrected chi connectivity index (χ3v) is 4.98. The Morgan fingerprint density at radius 3 is 2.69 bits per heavy atom. The second kappa shape index (κ2) is 8.50. The number of carbonyl (C=O) groups is 1. The van der Waals surface area contributed by atoms with Crippen LogP contribution in [0.5, 0.6) is 0 Å². The summed E-state index contributed by atoms with van der Waals surface area (Å²) in [6.07, 6.45) is 1.98. The fourth-order valence-corrected chi connectivity index (χ4v) is 3.41. The Hall–Kier alpha value is -4.20. The SMILES string of the molecule is CN(C)C(=O)c1cc(F)cc(-c2ccc(=N)n(C(=N)Cc3ccc4ncccc4c3)n2)c1. The van der Waals surface area contributed by atoms with Crippen molar-refractivity contribution < 1.29 is 9.18 Å². The molecule has 2 aromatic carbocycles. The van der Waals surface area contributed by atoms with E-state index in [4.69, 9.17) is 10.8 Å². The lowest BCUT2D eigenvalue weighted by Gasteiger charge is -2.13. The van der Waals surface area contributed by atoms with Gasteiger partial charge in [0, 0.05) is 43.2 Å². The van der Waals surface area contributed by atoms with Crippen LogP contribution in [0.4, 0.5) is 4.39 Å². The standard InChI is InChI=1S/C24H21FN6O/c1-30(2)24(32)18-12-17(13-19(25)14-18)21-7-8-22(26)31(29-21)23(27)11-15-5-6-20-16(10-15)4-3-9-28-20/h3-10,12-14,26-27H,11H2,1-2H3. The first-order valence-corrected chi connectivity index (χ1v) is 9.91. The number of benzene rings is 2. The quantitative estimate of drug-likeness (QED) is 0.384. The van der Waals surface area contributed by atoms with E-state index in [9.17, 15) is 9.18 Å². The van der Waals surface area contributed by atoms with Gasteiger partial charge in [0.05, 0.1) is 11.2 Å². The molecule has 0 atom stereocenters. The summed E-state index contributed by atoms with van der Waals surface area (Å²) in [5.74, 6) is -0.786. The van der Waals surface area contributed by atoms with Crippen molar-refractivity contribution in [2.45, 2.75) is 6.42 Å². The molecule has 2 aromatic heterocycles. The lowest BCUT2D eigenvalue weighted by molar-refractivity contribution is 0.0827. The van der Waals surface area contributed by atoms with Gasteiger partial charge in [-0.05, 0) is 54.1 Å². The highest BCUT2D eigenvalue weighted by Crippen LogP contribution is 2.20. The molecule has 4 rings (SSSR count). The minimum absolute atomic E-state index is 0.0298. The fraction of sp³-hybridized carbons (Fsp3) is 0.125. The Kier molecular flexibility index (Phi) is 5.59. The fourth-order valence-electron chi connectivity index (χ4n) is 3.41. The van der Waals surface area contributed by atoms with Crippen molar-refractivity contribution in [1.82, 2.24) is 19.7 Å². The van der Waals surface area contributed by atoms with E-state index in [1.807, 2.05) is 30.3 Å². The largest absolute Gasteiger partial charge is 0.345 e. The second-order valence-corrected chi connectivity index (χ2v) is 7.60. The van der Waals surface area contributed by atoms with Gasteiger partial charge in [-0.2, -0.15) is 5.10 Å². The number of pyridine rings is 1. The first-order chi connectivity index (χ1) is 15.3. The Morgan fingerprint density at radius 2 is 1.91 bits per heavy atom. The number of amides is 1. The number of nitrogens with zero attached hydrogens (tertiary/aromatic N) is 4. The molecule has 0 aliphatic heterocycles. The third-order valence-electron chi connectivity index (χ3n) is 4.98. The number of hydrogen-bond donors (Lipinski definition) is 2. The molecule has 0 spiro atoms. The maximum atomic E-state index is 14.2. The predicted molar refractivity (Wildman–Crippen MR) is 120 cm³/mol. The Labute approximate surface area is 183 Å². The predicted octanol–water partition coefficient (Wildman–Crippen LogP) is 3.49. The van der Waals surface area contributed by atoms with Crippen LogP contribution in [0.2, 0.25) is 0 Å². The molecule has 0 fully saturated rings. The van der Waals surface area contributed by atoms with Gasteiger partial charge in [-0.1, -0.05) is 12.1 Å². The molecular weight excluding hydrogens is 407 g/mol. The van der Waals surface area contributed by atoms with Crippen LogP contribution in [-0.4, -0.2) is 45.5 Å². The first-order valence-electron chi connectivity index (χ1n) is 9.91. The van der Waals surface area contributed by atoms with Crippen LogP contribution in [0.3, 0.4) is 0 Å². The number of rotatable bonds is 4. The number of halogens is 1. The Balaban J connectivity index is 1.67. The molecule has 32 heavy (non-hydrogen) atoms. The van der Waals surface area contributed by atoms with Crippen molar-refractivity contribution in [3.63, 3.8) is 0 Å². The summed E-state index contributed by atoms with van der Waals surface area (Å²) in [5.41, 5.74) is 2.75. The number of fused-ring (bicyclic) bond motifs is 1. The van der Waals surface area contributed by atoms with E-state index in [1.165, 1.54) is 27.8 Å². The maximum absolute atomic E-state index is 14.2. The average molecular weight is 428 g/mol. The number of nitrogens with one attached hydrogen (secondary N) is 2. The van der Waals surface area contributed by atoms with Crippen LogP contribution in [0.25, 0.3) is 22.2 Å². The molecule has 160 valence electrons. The van der Waals surface area contributed by atoms with Crippen LogP contribution < -0.4 is 5.49 Å². The Bertz CT molecular complexity index is 1410. The van der Waals surface area contributed by atoms with Crippen LogP contribution in [0.1, 0.15) is 15.9 Å². The number of aromatic nitrogens is 3. The smallest absolute Gasteiger partial charge is 0.253 e. The summed E-state index contributed by atoms with van der Waals surface area (Å²) >= 11 is 0. The van der Waals surface area contributed by atoms with Gasteiger partial charge in [-0.25, -0.2) is 9.07 Å². The van der Waals surface area contributed by atoms with E-state index >= 15 is 0 Å². The molecule has 8 heteroatoms. The normalized spacial score (nSPS) is 10.8. The summed E-state index contributed by atoms with van der Waals surface area (Å²) in [6.45, 7) is 0. The zero-order valence-corrected chi connectivity index (χ0v) is 17.6. The molecule has 4 aromatic rings. The topological polar surface area (TPSA) is 98.7 Å². The molecule has 0 aliphatic carbocycles. The van der Waals surface area contributed by atoms with Gasteiger partial charge < -0.3 is 4.90 Å². The number of carbonyl (C=O) groups excluding carboxylic acids is 1. The van der Waals surface area contributed by atoms with Crippen molar-refractivity contribution in [1.29, 1.82) is 10.8 Å². The molecule has 0 saturated carbocycles. The van der Waals surface area contributed by atoms with E-state index in [1.54, 1.807) is 32.4 Å². The highest BCUT2D eigenvalue weighted by Gasteiger charge is 2.14. The van der Waals surface area contributed by atoms with Crippen LogP contribution >= 0.6 is 0 Å². The van der Waals surface area contributed by atoms with E-state index in [0.29, 0.717) is 11.3 Å². The van der Waals surface area contributed by atoms with Gasteiger partial charge in [0.1, 0.15) is 17.1 Å². The zero-order valence-electron chi connectivity index (χ0n) is 17.6. The van der Waals surface area contributed by atoms with Gasteiger partial charge in [-0.15, -0.1) is 0 Å². The maximum Gasteiger partial charge on any atom is 0.253 e. The van der Waals surface area contributed by atoms with Gasteiger partial charge in [-0.3, -0.25) is 20.6 Å². The zero-order chi connectivity index (χ0) is 22.8. The highest BCUT2D eigenvalue weighted by molar-refractivity contribution is 5.95. The van der Waals surface area contributed by atoms with E-state index < -0.39 is 5.82 Å². The molecular formula is C24H21FN6O. The van der Waals surface area contributed by atoms with Crippen molar-refractivity contribution in [3.05, 3.63) is 89.3 Å². The summed E-state index contributed by atoms with van der Waals surface area (Å²) in [7, 11) is 3.19. The number of hydrogen-bond acceptors (Lipinski definition) is 5. The summed E-state index contributed by atoms with van der Waals surface area (Å²) in [6, 6.07) is 16.6. The lowest BCUT2D eigenvalue weighted by atomic mass is 10.1. The molecule has 0 radical (unpaired) electrons. The summed E-state index contributed by atoms with van der Waals surface area (Å²) in [4.78, 5) is 17.9. The van der Waals surface area contributed by atoms with Gasteiger partial charge in [0.25, 0.3) is 5.91 Å². The van der Waals surface area contributed by atoms with Crippen molar-refractivity contribution in [2.75, 3.05) is 14.1 Å². The van der Waals surface area contributed by atoms with Crippen LogP contribution in [0, 0.1) is 16.6 Å². The monoisotopic (exact) mass is 428 g/mol. The molecule has 7 nitrogen and oxygen atoms in total. The minimum Gasteiger partial charge on any atom is -0.345 e. The Morgan fingerprint density at radius 1 is 1.09 bits per heavy atom. The van der Waals surface area contributed by atoms with Crippen LogP contribution in [0.15, 0.2) is 66.9 Å². The molecule has 0 unspecified atom stereocenters. The minimum atomic E-state index is -0.559. The van der Waals surface area contributed by atoms with Gasteiger partial charge >= 0.3 is 0 Å². The molecule has 2 heterocycles. The molecule has 1 amide bonds. The molecule has 0 saturated heterocycles. The molecule has 0 aliphatic rings. The van der Waals surface area contributed by atoms with Gasteiger partial charge in [0.2, 0.25) is 0 Å². The summed E-state index contributed by atoms with van der Waals surface area (Å²) in [5, 5.41) is 22.0. The average Bonchev–Trinajstić information content (AvgIpc) is 2.78.